The summed E-state index contributed by atoms with van der Waals surface area (Å²) in [4.78, 5) is 24.8. The lowest BCUT2D eigenvalue weighted by Gasteiger charge is -2.21. The van der Waals surface area contributed by atoms with Crippen LogP contribution >= 0.6 is 0 Å². The van der Waals surface area contributed by atoms with E-state index in [9.17, 15) is 23.5 Å². The zero-order valence-corrected chi connectivity index (χ0v) is 18.3. The predicted molar refractivity (Wildman–Crippen MR) is 125 cm³/mol. The van der Waals surface area contributed by atoms with Crippen LogP contribution in [0.3, 0.4) is 0 Å². The Labute approximate surface area is 188 Å². The Kier molecular flexibility index (Phi) is 5.72. The van der Waals surface area contributed by atoms with E-state index in [2.05, 4.69) is 5.32 Å². The van der Waals surface area contributed by atoms with Crippen molar-refractivity contribution >= 4 is 22.4 Å². The SMILES string of the molecule is Cc1cc(C(C)Nc2ccccc2C(=O)O)c2cc(-c3cc(F)cc(F)c3)n(C)c(=O)c2c1. The molecule has 4 aromatic rings. The van der Waals surface area contributed by atoms with E-state index in [1.807, 2.05) is 19.9 Å². The topological polar surface area (TPSA) is 71.3 Å². The van der Waals surface area contributed by atoms with Crippen LogP contribution in [0.5, 0.6) is 0 Å². The molecule has 0 radical (unpaired) electrons. The minimum atomic E-state index is -1.05. The van der Waals surface area contributed by atoms with E-state index in [0.29, 0.717) is 22.2 Å². The quantitative estimate of drug-likeness (QED) is 0.413. The highest BCUT2D eigenvalue weighted by molar-refractivity contribution is 5.94. The van der Waals surface area contributed by atoms with Crippen molar-refractivity contribution in [3.63, 3.8) is 0 Å². The fraction of sp³-hybridized carbons (Fsp3) is 0.154. The molecule has 0 amide bonds. The van der Waals surface area contributed by atoms with Gasteiger partial charge < -0.3 is 15.0 Å². The van der Waals surface area contributed by atoms with Gasteiger partial charge in [-0.1, -0.05) is 18.2 Å². The lowest BCUT2D eigenvalue weighted by molar-refractivity contribution is 0.0698. The highest BCUT2D eigenvalue weighted by Crippen LogP contribution is 2.31. The van der Waals surface area contributed by atoms with Gasteiger partial charge in [0.15, 0.2) is 0 Å². The number of aromatic nitrogens is 1. The first kappa shape index (κ1) is 22.2. The van der Waals surface area contributed by atoms with Crippen LogP contribution in [0.1, 0.15) is 34.5 Å². The molecule has 0 aliphatic carbocycles. The Balaban J connectivity index is 1.91. The van der Waals surface area contributed by atoms with Crippen molar-refractivity contribution in [2.75, 3.05) is 5.32 Å². The second-order valence-corrected chi connectivity index (χ2v) is 8.08. The van der Waals surface area contributed by atoms with Gasteiger partial charge in [0.2, 0.25) is 0 Å². The number of nitrogens with zero attached hydrogens (tertiary/aromatic N) is 1. The first-order chi connectivity index (χ1) is 15.7. The summed E-state index contributed by atoms with van der Waals surface area (Å²) in [7, 11) is 1.56. The van der Waals surface area contributed by atoms with Crippen LogP contribution in [0.4, 0.5) is 14.5 Å². The number of hydrogen-bond acceptors (Lipinski definition) is 3. The number of fused-ring (bicyclic) bond motifs is 1. The number of rotatable bonds is 5. The standard InChI is InChI=1S/C26H22F2N2O3/c1-14-8-20(15(2)29-23-7-5-4-6-19(23)26(32)33)21-13-24(30(3)25(31)22(21)9-14)16-10-17(27)12-18(28)11-16/h4-13,15,29H,1-3H3,(H,32,33). The highest BCUT2D eigenvalue weighted by Gasteiger charge is 2.18. The van der Waals surface area contributed by atoms with Crippen LogP contribution in [0, 0.1) is 18.6 Å². The van der Waals surface area contributed by atoms with E-state index in [1.54, 1.807) is 37.4 Å². The molecule has 5 nitrogen and oxygen atoms in total. The third-order valence-corrected chi connectivity index (χ3v) is 5.69. The molecule has 2 N–H and O–H groups in total. The van der Waals surface area contributed by atoms with Gasteiger partial charge in [0.25, 0.3) is 5.56 Å². The number of aryl methyl sites for hydroxylation is 1. The zero-order valence-electron chi connectivity index (χ0n) is 18.3. The van der Waals surface area contributed by atoms with Gasteiger partial charge in [0.05, 0.1) is 11.3 Å². The molecule has 0 bridgehead atoms. The molecule has 1 aromatic heterocycles. The number of pyridine rings is 1. The van der Waals surface area contributed by atoms with Gasteiger partial charge in [-0.25, -0.2) is 13.6 Å². The molecule has 0 saturated carbocycles. The van der Waals surface area contributed by atoms with Crippen molar-refractivity contribution in [3.8, 4) is 11.3 Å². The van der Waals surface area contributed by atoms with Gasteiger partial charge >= 0.3 is 5.97 Å². The Hall–Kier alpha value is -4.00. The van der Waals surface area contributed by atoms with E-state index in [0.717, 1.165) is 17.2 Å². The van der Waals surface area contributed by atoms with Gasteiger partial charge in [0, 0.05) is 35.8 Å². The van der Waals surface area contributed by atoms with Crippen LogP contribution in [-0.4, -0.2) is 15.6 Å². The summed E-state index contributed by atoms with van der Waals surface area (Å²) in [6.07, 6.45) is 0. The lowest BCUT2D eigenvalue weighted by atomic mass is 9.95. The number of carboxylic acids is 1. The summed E-state index contributed by atoms with van der Waals surface area (Å²) in [6, 6.07) is 14.8. The van der Waals surface area contributed by atoms with Gasteiger partial charge in [-0.2, -0.15) is 0 Å². The molecule has 0 saturated heterocycles. The summed E-state index contributed by atoms with van der Waals surface area (Å²) in [5.74, 6) is -2.52. The van der Waals surface area contributed by atoms with Crippen LogP contribution in [0.2, 0.25) is 0 Å². The number of carbonyl (C=O) groups is 1. The van der Waals surface area contributed by atoms with E-state index < -0.39 is 17.6 Å². The molecular formula is C26H22F2N2O3. The van der Waals surface area contributed by atoms with E-state index >= 15 is 0 Å². The Bertz CT molecular complexity index is 1440. The van der Waals surface area contributed by atoms with E-state index in [1.165, 1.54) is 22.8 Å². The summed E-state index contributed by atoms with van der Waals surface area (Å²) < 4.78 is 29.1. The monoisotopic (exact) mass is 448 g/mol. The third-order valence-electron chi connectivity index (χ3n) is 5.69. The average molecular weight is 448 g/mol. The number of anilines is 1. The molecule has 168 valence electrons. The van der Waals surface area contributed by atoms with Crippen LogP contribution < -0.4 is 10.9 Å². The molecule has 0 aliphatic rings. The average Bonchev–Trinajstić information content (AvgIpc) is 2.75. The van der Waals surface area contributed by atoms with E-state index in [4.69, 9.17) is 0 Å². The minimum absolute atomic E-state index is 0.133. The second-order valence-electron chi connectivity index (χ2n) is 8.08. The molecule has 4 rings (SSSR count). The molecule has 7 heteroatoms. The maximum atomic E-state index is 13.9. The Morgan fingerprint density at radius 1 is 1.00 bits per heavy atom. The van der Waals surface area contributed by atoms with Crippen molar-refractivity contribution in [2.24, 2.45) is 7.05 Å². The van der Waals surface area contributed by atoms with Crippen LogP contribution in [-0.2, 0) is 7.05 Å². The molecule has 3 aromatic carbocycles. The smallest absolute Gasteiger partial charge is 0.337 e. The molecule has 1 atom stereocenters. The minimum Gasteiger partial charge on any atom is -0.478 e. The molecule has 0 fully saturated rings. The normalized spacial score (nSPS) is 12.0. The zero-order chi connectivity index (χ0) is 23.9. The fourth-order valence-corrected chi connectivity index (χ4v) is 4.13. The Morgan fingerprint density at radius 3 is 2.33 bits per heavy atom. The number of nitrogens with one attached hydrogen (secondary N) is 1. The number of hydrogen-bond donors (Lipinski definition) is 2. The molecule has 1 heterocycles. The first-order valence-corrected chi connectivity index (χ1v) is 10.4. The number of para-hydroxylation sites is 1. The predicted octanol–water partition coefficient (Wildman–Crippen LogP) is 5.66. The third kappa shape index (κ3) is 4.22. The maximum absolute atomic E-state index is 13.9. The largest absolute Gasteiger partial charge is 0.478 e. The van der Waals surface area contributed by atoms with Gasteiger partial charge in [-0.15, -0.1) is 0 Å². The summed E-state index contributed by atoms with van der Waals surface area (Å²) >= 11 is 0. The first-order valence-electron chi connectivity index (χ1n) is 10.4. The van der Waals surface area contributed by atoms with E-state index in [-0.39, 0.29) is 22.7 Å². The van der Waals surface area contributed by atoms with Gasteiger partial charge in [-0.05, 0) is 66.8 Å². The Morgan fingerprint density at radius 2 is 1.67 bits per heavy atom. The van der Waals surface area contributed by atoms with Crippen LogP contribution in [0.15, 0.2) is 65.5 Å². The summed E-state index contributed by atoms with van der Waals surface area (Å²) in [5, 5.41) is 13.8. The highest BCUT2D eigenvalue weighted by atomic mass is 19.1. The summed E-state index contributed by atoms with van der Waals surface area (Å²) in [5.41, 5.74) is 2.53. The molecule has 0 spiro atoms. The fourth-order valence-electron chi connectivity index (χ4n) is 4.13. The van der Waals surface area contributed by atoms with Crippen molar-refractivity contribution in [2.45, 2.75) is 19.9 Å². The van der Waals surface area contributed by atoms with Crippen molar-refractivity contribution in [1.82, 2.24) is 4.57 Å². The van der Waals surface area contributed by atoms with Crippen molar-refractivity contribution < 1.29 is 18.7 Å². The van der Waals surface area contributed by atoms with Crippen molar-refractivity contribution in [1.29, 1.82) is 0 Å². The molecule has 0 aliphatic heterocycles. The molecule has 33 heavy (non-hydrogen) atoms. The van der Waals surface area contributed by atoms with Crippen LogP contribution in [0.25, 0.3) is 22.0 Å². The molecule has 1 unspecified atom stereocenters. The lowest BCUT2D eigenvalue weighted by Crippen LogP contribution is -2.20. The summed E-state index contributed by atoms with van der Waals surface area (Å²) in [6.45, 7) is 3.74. The number of aromatic carboxylic acids is 1. The molecular weight excluding hydrogens is 426 g/mol. The number of carboxylic acid groups (broad SMARTS) is 1. The number of halogens is 2. The van der Waals surface area contributed by atoms with Gasteiger partial charge in [-0.3, -0.25) is 4.79 Å². The maximum Gasteiger partial charge on any atom is 0.337 e. The second kappa shape index (κ2) is 8.50. The van der Waals surface area contributed by atoms with Gasteiger partial charge in [0.1, 0.15) is 11.6 Å². The van der Waals surface area contributed by atoms with Crippen molar-refractivity contribution in [3.05, 3.63) is 99.3 Å². The number of benzene rings is 3.